The Hall–Kier alpha value is -2.06. The summed E-state index contributed by atoms with van der Waals surface area (Å²) in [6.45, 7) is 7.16. The maximum atomic E-state index is 13.9. The predicted octanol–water partition coefficient (Wildman–Crippen LogP) is 4.95. The lowest BCUT2D eigenvalue weighted by Gasteiger charge is -2.39. The molecule has 3 rings (SSSR count). The fraction of sp³-hybridized carbons (Fsp3) is 0.278. The molecule has 0 aliphatic carbocycles. The van der Waals surface area contributed by atoms with E-state index in [-0.39, 0.29) is 11.4 Å². The molecule has 23 heavy (non-hydrogen) atoms. The van der Waals surface area contributed by atoms with Crippen LogP contribution in [-0.2, 0) is 0 Å². The van der Waals surface area contributed by atoms with Gasteiger partial charge in [0.25, 0.3) is 0 Å². The van der Waals surface area contributed by atoms with Gasteiger partial charge in [0.15, 0.2) is 0 Å². The van der Waals surface area contributed by atoms with Crippen molar-refractivity contribution in [3.05, 3.63) is 51.9 Å². The van der Waals surface area contributed by atoms with Gasteiger partial charge in [-0.2, -0.15) is 5.26 Å². The van der Waals surface area contributed by atoms with E-state index in [1.807, 2.05) is 12.2 Å². The lowest BCUT2D eigenvalue weighted by atomic mass is 10.00. The summed E-state index contributed by atoms with van der Waals surface area (Å²) in [5.41, 5.74) is 2.81. The first kappa shape index (κ1) is 15.8. The molecule has 118 valence electrons. The lowest BCUT2D eigenvalue weighted by Crippen LogP contribution is -2.41. The van der Waals surface area contributed by atoms with E-state index in [1.54, 1.807) is 6.07 Å². The number of benzene rings is 1. The maximum absolute atomic E-state index is 13.9. The average Bonchev–Trinajstić information content (AvgIpc) is 2.84. The molecule has 0 amide bonds. The molecule has 0 bridgehead atoms. The van der Waals surface area contributed by atoms with Gasteiger partial charge in [0, 0.05) is 23.0 Å². The molecule has 0 saturated heterocycles. The predicted molar refractivity (Wildman–Crippen MR) is 94.2 cm³/mol. The van der Waals surface area contributed by atoms with Crippen LogP contribution in [-0.4, -0.2) is 22.0 Å². The summed E-state index contributed by atoms with van der Waals surface area (Å²) >= 11 is 3.20. The number of rotatable bonds is 1. The van der Waals surface area contributed by atoms with E-state index >= 15 is 0 Å². The van der Waals surface area contributed by atoms with E-state index in [0.29, 0.717) is 15.4 Å². The van der Waals surface area contributed by atoms with Crippen LogP contribution >= 0.6 is 15.9 Å². The molecule has 5 heteroatoms. The van der Waals surface area contributed by atoms with Gasteiger partial charge in [-0.05, 0) is 54.9 Å². The molecule has 0 spiro atoms. The molecule has 1 aromatic heterocycles. The number of allylic oxidation sites excluding steroid dienone is 2. The molecule has 0 fully saturated rings. The monoisotopic (exact) mass is 373 g/mol. The molecule has 1 aliphatic rings. The maximum Gasteiger partial charge on any atom is 0.138 e. The minimum atomic E-state index is -0.371. The van der Waals surface area contributed by atoms with E-state index in [1.165, 1.54) is 6.07 Å². The van der Waals surface area contributed by atoms with Gasteiger partial charge in [0.05, 0.1) is 21.4 Å². The van der Waals surface area contributed by atoms with Gasteiger partial charge in [-0.15, -0.1) is 0 Å². The van der Waals surface area contributed by atoms with Crippen LogP contribution in [0.15, 0.2) is 34.8 Å². The normalized spacial score (nSPS) is 15.0. The molecule has 1 N–H and O–H groups in total. The minimum Gasteiger partial charge on any atom is -0.361 e. The van der Waals surface area contributed by atoms with Crippen LogP contribution < -0.4 is 0 Å². The third-order valence-electron chi connectivity index (χ3n) is 3.99. The van der Waals surface area contributed by atoms with Gasteiger partial charge in [-0.1, -0.05) is 12.2 Å². The molecule has 0 radical (unpaired) electrons. The fourth-order valence-electron chi connectivity index (χ4n) is 2.86. The van der Waals surface area contributed by atoms with Crippen molar-refractivity contribution < 1.29 is 4.39 Å². The number of nitrogens with one attached hydrogen (secondary N) is 1. The summed E-state index contributed by atoms with van der Waals surface area (Å²) in [5.74, 6) is -0.371. The van der Waals surface area contributed by atoms with Crippen LogP contribution in [0.3, 0.4) is 0 Å². The third-order valence-corrected chi connectivity index (χ3v) is 4.59. The van der Waals surface area contributed by atoms with Crippen LogP contribution in [0, 0.1) is 17.1 Å². The Morgan fingerprint density at radius 2 is 2.09 bits per heavy atom. The minimum absolute atomic E-state index is 0.0908. The second-order valence-corrected chi connectivity index (χ2v) is 7.41. The Balaban J connectivity index is 2.25. The molecule has 0 saturated carbocycles. The van der Waals surface area contributed by atoms with Crippen LogP contribution in [0.25, 0.3) is 16.6 Å². The largest absolute Gasteiger partial charge is 0.361 e. The zero-order chi connectivity index (χ0) is 16.8. The van der Waals surface area contributed by atoms with Crippen molar-refractivity contribution in [3.8, 4) is 6.07 Å². The molecule has 0 unspecified atom stereocenters. The number of aromatic amines is 1. The topological polar surface area (TPSA) is 42.8 Å². The summed E-state index contributed by atoms with van der Waals surface area (Å²) in [4.78, 5) is 5.52. The smallest absolute Gasteiger partial charge is 0.138 e. The Morgan fingerprint density at radius 3 is 2.74 bits per heavy atom. The molecular formula is C18H17BrFN3. The van der Waals surface area contributed by atoms with Crippen molar-refractivity contribution in [3.63, 3.8) is 0 Å². The highest BCUT2D eigenvalue weighted by Crippen LogP contribution is 2.35. The SMILES string of the molecule is CC(C)(C)N1CC=CC=C1c1[nH]c2cc(Br)c(F)cc2c1C#N. The van der Waals surface area contributed by atoms with E-state index in [9.17, 15) is 9.65 Å². The summed E-state index contributed by atoms with van der Waals surface area (Å²) in [6, 6.07) is 5.31. The van der Waals surface area contributed by atoms with Crippen molar-refractivity contribution in [1.82, 2.24) is 9.88 Å². The number of H-pyrrole nitrogens is 1. The Kier molecular flexibility index (Phi) is 3.81. The van der Waals surface area contributed by atoms with Gasteiger partial charge >= 0.3 is 0 Å². The fourth-order valence-corrected chi connectivity index (χ4v) is 3.21. The van der Waals surface area contributed by atoms with Gasteiger partial charge in [-0.3, -0.25) is 0 Å². The standard InChI is InChI=1S/C18H17BrFN3/c1-18(2,3)23-7-5-4-6-16(23)17-12(10-21)11-8-14(20)13(19)9-15(11)22-17/h4-6,8-9,22H,7H2,1-3H3. The molecule has 2 aromatic rings. The summed E-state index contributed by atoms with van der Waals surface area (Å²) in [7, 11) is 0. The van der Waals surface area contributed by atoms with Gasteiger partial charge < -0.3 is 9.88 Å². The number of hydrogen-bond acceptors (Lipinski definition) is 2. The van der Waals surface area contributed by atoms with E-state index in [2.05, 4.69) is 58.7 Å². The van der Waals surface area contributed by atoms with Crippen molar-refractivity contribution in [2.75, 3.05) is 6.54 Å². The summed E-state index contributed by atoms with van der Waals surface area (Å²) in [6.07, 6.45) is 6.06. The summed E-state index contributed by atoms with van der Waals surface area (Å²) < 4.78 is 14.3. The number of nitrogens with zero attached hydrogens (tertiary/aromatic N) is 2. The molecule has 3 nitrogen and oxygen atoms in total. The average molecular weight is 374 g/mol. The number of hydrogen-bond donors (Lipinski definition) is 1. The number of fused-ring (bicyclic) bond motifs is 1. The third kappa shape index (κ3) is 2.68. The number of nitriles is 1. The molecule has 0 atom stereocenters. The van der Waals surface area contributed by atoms with E-state index in [0.717, 1.165) is 23.5 Å². The quantitative estimate of drug-likeness (QED) is 0.767. The van der Waals surface area contributed by atoms with E-state index in [4.69, 9.17) is 0 Å². The zero-order valence-electron chi connectivity index (χ0n) is 13.2. The molecule has 2 heterocycles. The van der Waals surface area contributed by atoms with Crippen LogP contribution in [0.4, 0.5) is 4.39 Å². The summed E-state index contributed by atoms with van der Waals surface area (Å²) in [5, 5.41) is 10.2. The zero-order valence-corrected chi connectivity index (χ0v) is 14.8. The van der Waals surface area contributed by atoms with Gasteiger partial charge in [0.1, 0.15) is 11.9 Å². The van der Waals surface area contributed by atoms with Crippen molar-refractivity contribution >= 4 is 32.5 Å². The van der Waals surface area contributed by atoms with Crippen LogP contribution in [0.5, 0.6) is 0 Å². The second kappa shape index (κ2) is 5.54. The van der Waals surface area contributed by atoms with Crippen molar-refractivity contribution in [1.29, 1.82) is 5.26 Å². The Morgan fingerprint density at radius 1 is 1.35 bits per heavy atom. The molecule has 1 aromatic carbocycles. The highest BCUT2D eigenvalue weighted by molar-refractivity contribution is 9.10. The van der Waals surface area contributed by atoms with Crippen molar-refractivity contribution in [2.24, 2.45) is 0 Å². The Labute approximate surface area is 143 Å². The van der Waals surface area contributed by atoms with Gasteiger partial charge in [-0.25, -0.2) is 4.39 Å². The Bertz CT molecular complexity index is 878. The highest BCUT2D eigenvalue weighted by Gasteiger charge is 2.28. The molecule has 1 aliphatic heterocycles. The first-order valence-corrected chi connectivity index (χ1v) is 8.18. The highest BCUT2D eigenvalue weighted by atomic mass is 79.9. The van der Waals surface area contributed by atoms with Gasteiger partial charge in [0.2, 0.25) is 0 Å². The number of aromatic nitrogens is 1. The first-order valence-electron chi connectivity index (χ1n) is 7.38. The second-order valence-electron chi connectivity index (χ2n) is 6.56. The first-order chi connectivity index (χ1) is 10.8. The van der Waals surface area contributed by atoms with E-state index < -0.39 is 0 Å². The lowest BCUT2D eigenvalue weighted by molar-refractivity contribution is 0.240. The van der Waals surface area contributed by atoms with Crippen LogP contribution in [0.1, 0.15) is 32.0 Å². The van der Waals surface area contributed by atoms with Crippen molar-refractivity contribution in [2.45, 2.75) is 26.3 Å². The molecular weight excluding hydrogens is 357 g/mol. The van der Waals surface area contributed by atoms with Crippen LogP contribution in [0.2, 0.25) is 0 Å². The number of halogens is 2.